The molecular formula is C22H27ClO8. The van der Waals surface area contributed by atoms with Gasteiger partial charge in [0.2, 0.25) is 0 Å². The summed E-state index contributed by atoms with van der Waals surface area (Å²) in [5, 5.41) is 0.329. The number of hydrogen-bond donors (Lipinski definition) is 0. The van der Waals surface area contributed by atoms with Crippen LogP contribution in [0.2, 0.25) is 5.02 Å². The summed E-state index contributed by atoms with van der Waals surface area (Å²) >= 11 is 6.16. The molecule has 0 amide bonds. The quantitative estimate of drug-likeness (QED) is 0.335. The Kier molecular flexibility index (Phi) is 8.44. The third-order valence-electron chi connectivity index (χ3n) is 5.14. The van der Waals surface area contributed by atoms with Crippen molar-refractivity contribution < 1.29 is 38.1 Å². The number of rotatable bonds is 8. The predicted molar refractivity (Wildman–Crippen MR) is 110 cm³/mol. The first-order valence-corrected chi connectivity index (χ1v) is 10.6. The van der Waals surface area contributed by atoms with Crippen molar-refractivity contribution in [2.24, 2.45) is 11.3 Å². The molecule has 0 spiro atoms. The predicted octanol–water partition coefficient (Wildman–Crippen LogP) is 2.83. The number of benzene rings is 1. The number of carbonyl (C=O) groups is 4. The van der Waals surface area contributed by atoms with Gasteiger partial charge in [-0.3, -0.25) is 19.2 Å². The van der Waals surface area contributed by atoms with Crippen LogP contribution >= 0.6 is 11.6 Å². The highest BCUT2D eigenvalue weighted by Crippen LogP contribution is 2.50. The lowest BCUT2D eigenvalue weighted by Gasteiger charge is -2.42. The number of esters is 4. The summed E-state index contributed by atoms with van der Waals surface area (Å²) in [7, 11) is 0. The van der Waals surface area contributed by atoms with Crippen molar-refractivity contribution in [3.05, 3.63) is 34.3 Å². The molecule has 1 aliphatic carbocycles. The van der Waals surface area contributed by atoms with E-state index in [4.69, 9.17) is 30.5 Å². The van der Waals surface area contributed by atoms with Crippen molar-refractivity contribution in [2.75, 3.05) is 26.4 Å². The van der Waals surface area contributed by atoms with Gasteiger partial charge in [0, 0.05) is 11.4 Å². The molecular weight excluding hydrogens is 428 g/mol. The van der Waals surface area contributed by atoms with Crippen molar-refractivity contribution in [2.45, 2.75) is 40.0 Å². The van der Waals surface area contributed by atoms with Crippen LogP contribution in [0.4, 0.5) is 0 Å². The van der Waals surface area contributed by atoms with E-state index in [1.165, 1.54) is 6.07 Å². The fourth-order valence-electron chi connectivity index (χ4n) is 3.96. The van der Waals surface area contributed by atoms with E-state index in [9.17, 15) is 19.2 Å². The molecule has 0 radical (unpaired) electrons. The average molecular weight is 455 g/mol. The molecule has 0 aliphatic heterocycles. The second-order valence-corrected chi connectivity index (χ2v) is 7.33. The summed E-state index contributed by atoms with van der Waals surface area (Å²) in [5.74, 6) is -6.44. The molecule has 1 aromatic carbocycles. The lowest BCUT2D eigenvalue weighted by molar-refractivity contribution is -0.187. The second-order valence-electron chi connectivity index (χ2n) is 6.89. The van der Waals surface area contributed by atoms with Crippen LogP contribution < -0.4 is 0 Å². The first-order valence-electron chi connectivity index (χ1n) is 10.2. The molecule has 0 fully saturated rings. The molecule has 2 atom stereocenters. The van der Waals surface area contributed by atoms with Gasteiger partial charge in [-0.1, -0.05) is 17.7 Å². The van der Waals surface area contributed by atoms with Gasteiger partial charge in [0.15, 0.2) is 5.41 Å². The van der Waals surface area contributed by atoms with Gasteiger partial charge in [-0.2, -0.15) is 0 Å². The topological polar surface area (TPSA) is 105 Å². The number of ether oxygens (including phenoxy) is 4. The Morgan fingerprint density at radius 3 is 1.90 bits per heavy atom. The molecule has 1 aliphatic rings. The number of halogens is 1. The monoisotopic (exact) mass is 454 g/mol. The third kappa shape index (κ3) is 4.69. The van der Waals surface area contributed by atoms with Crippen LogP contribution in [0.25, 0.3) is 0 Å². The molecule has 31 heavy (non-hydrogen) atoms. The molecule has 0 aromatic heterocycles. The molecule has 170 valence electrons. The highest BCUT2D eigenvalue weighted by atomic mass is 35.5. The minimum atomic E-state index is -2.11. The van der Waals surface area contributed by atoms with Crippen LogP contribution in [0.1, 0.15) is 44.7 Å². The summed E-state index contributed by atoms with van der Waals surface area (Å²) in [6, 6.07) is 4.72. The molecule has 0 bridgehead atoms. The Balaban J connectivity index is 2.86. The zero-order valence-electron chi connectivity index (χ0n) is 18.1. The SMILES string of the molecule is CCOC(=O)[C@H]1c2cc(Cl)ccc2CC(C(=O)OCC)(C(=O)OCC)[C@H]1C(=O)OCC. The van der Waals surface area contributed by atoms with Crippen molar-refractivity contribution >= 4 is 35.5 Å². The van der Waals surface area contributed by atoms with Crippen LogP contribution in [0.15, 0.2) is 18.2 Å². The molecule has 0 unspecified atom stereocenters. The number of fused-ring (bicyclic) bond motifs is 1. The van der Waals surface area contributed by atoms with Gasteiger partial charge >= 0.3 is 23.9 Å². The minimum Gasteiger partial charge on any atom is -0.466 e. The molecule has 2 rings (SSSR count). The van der Waals surface area contributed by atoms with E-state index >= 15 is 0 Å². The second kappa shape index (κ2) is 10.6. The molecule has 9 heteroatoms. The Hall–Kier alpha value is -2.61. The average Bonchev–Trinajstić information content (AvgIpc) is 2.72. The molecule has 1 aromatic rings. The molecule has 0 N–H and O–H groups in total. The van der Waals surface area contributed by atoms with Crippen molar-refractivity contribution in [3.63, 3.8) is 0 Å². The van der Waals surface area contributed by atoms with Gasteiger partial charge in [-0.25, -0.2) is 0 Å². The van der Waals surface area contributed by atoms with Gasteiger partial charge in [0.25, 0.3) is 0 Å². The summed E-state index contributed by atoms with van der Waals surface area (Å²) in [6.45, 7) is 6.30. The lowest BCUT2D eigenvalue weighted by Crippen LogP contribution is -2.57. The smallest absolute Gasteiger partial charge is 0.324 e. The van der Waals surface area contributed by atoms with Crippen LogP contribution in [-0.2, 0) is 44.5 Å². The zero-order valence-corrected chi connectivity index (χ0v) is 18.8. The zero-order chi connectivity index (χ0) is 23.2. The van der Waals surface area contributed by atoms with E-state index in [1.807, 2.05) is 0 Å². The fraction of sp³-hybridized carbons (Fsp3) is 0.545. The Morgan fingerprint density at radius 2 is 1.39 bits per heavy atom. The van der Waals surface area contributed by atoms with Gasteiger partial charge < -0.3 is 18.9 Å². The van der Waals surface area contributed by atoms with E-state index in [-0.39, 0.29) is 32.8 Å². The van der Waals surface area contributed by atoms with Gasteiger partial charge in [0.1, 0.15) is 5.92 Å². The fourth-order valence-corrected chi connectivity index (χ4v) is 4.14. The Bertz CT molecular complexity index is 832. The van der Waals surface area contributed by atoms with Crippen LogP contribution in [0.3, 0.4) is 0 Å². The Labute approximate surface area is 186 Å². The van der Waals surface area contributed by atoms with E-state index < -0.39 is 41.1 Å². The maximum absolute atomic E-state index is 13.2. The van der Waals surface area contributed by atoms with Crippen molar-refractivity contribution in [1.82, 2.24) is 0 Å². The first kappa shape index (κ1) is 24.7. The first-order chi connectivity index (χ1) is 14.8. The third-order valence-corrected chi connectivity index (χ3v) is 5.37. The summed E-state index contributed by atoms with van der Waals surface area (Å²) < 4.78 is 20.8. The summed E-state index contributed by atoms with van der Waals surface area (Å²) in [6.07, 6.45) is -0.212. The summed E-state index contributed by atoms with van der Waals surface area (Å²) in [4.78, 5) is 52.7. The largest absolute Gasteiger partial charge is 0.466 e. The van der Waals surface area contributed by atoms with Gasteiger partial charge in [-0.05, 0) is 51.0 Å². The van der Waals surface area contributed by atoms with E-state index in [1.54, 1.807) is 39.8 Å². The van der Waals surface area contributed by atoms with E-state index in [0.29, 0.717) is 16.1 Å². The normalized spacial score (nSPS) is 19.0. The van der Waals surface area contributed by atoms with Crippen LogP contribution in [-0.4, -0.2) is 50.3 Å². The van der Waals surface area contributed by atoms with E-state index in [0.717, 1.165) is 0 Å². The maximum Gasteiger partial charge on any atom is 0.324 e. The van der Waals surface area contributed by atoms with Crippen LogP contribution in [0, 0.1) is 11.3 Å². The highest BCUT2D eigenvalue weighted by molar-refractivity contribution is 6.30. The van der Waals surface area contributed by atoms with Gasteiger partial charge in [0.05, 0.1) is 32.3 Å². The van der Waals surface area contributed by atoms with Crippen molar-refractivity contribution in [3.8, 4) is 0 Å². The minimum absolute atomic E-state index is 0.0188. The van der Waals surface area contributed by atoms with Crippen molar-refractivity contribution in [1.29, 1.82) is 0 Å². The molecule has 0 heterocycles. The standard InChI is InChI=1S/C22H27ClO8/c1-5-28-18(24)16-15-11-14(23)10-9-13(15)12-22(20(26)30-7-3,21(27)31-8-4)17(16)19(25)29-6-2/h9-11,16-17H,5-8,12H2,1-4H3/t16-,17+/m0/s1. The van der Waals surface area contributed by atoms with Gasteiger partial charge in [-0.15, -0.1) is 0 Å². The lowest BCUT2D eigenvalue weighted by atomic mass is 9.59. The Morgan fingerprint density at radius 1 is 0.871 bits per heavy atom. The summed E-state index contributed by atoms with van der Waals surface area (Å²) in [5.41, 5.74) is -1.23. The molecule has 0 saturated heterocycles. The highest BCUT2D eigenvalue weighted by Gasteiger charge is 2.65. The van der Waals surface area contributed by atoms with Crippen LogP contribution in [0.5, 0.6) is 0 Å². The number of hydrogen-bond acceptors (Lipinski definition) is 8. The number of carbonyl (C=O) groups excluding carboxylic acids is 4. The molecule has 0 saturated carbocycles. The maximum atomic E-state index is 13.2. The van der Waals surface area contributed by atoms with E-state index in [2.05, 4.69) is 0 Å². The molecule has 8 nitrogen and oxygen atoms in total.